The van der Waals surface area contributed by atoms with Gasteiger partial charge in [0, 0.05) is 41.9 Å². The van der Waals surface area contributed by atoms with Crippen LogP contribution in [0.25, 0.3) is 0 Å². The van der Waals surface area contributed by atoms with E-state index in [9.17, 15) is 13.5 Å². The molecule has 1 aliphatic rings. The van der Waals surface area contributed by atoms with Crippen molar-refractivity contribution < 1.29 is 13.5 Å². The van der Waals surface area contributed by atoms with E-state index in [1.54, 1.807) is 18.2 Å². The van der Waals surface area contributed by atoms with Crippen molar-refractivity contribution in [1.82, 2.24) is 9.62 Å². The molecule has 0 spiro atoms. The highest BCUT2D eigenvalue weighted by Gasteiger charge is 2.26. The summed E-state index contributed by atoms with van der Waals surface area (Å²) in [5.41, 5.74) is 1.23. The molecule has 1 heterocycles. The average molecular weight is 426 g/mol. The number of hydrogen-bond acceptors (Lipinski definition) is 5. The number of hydrogen-bond donors (Lipinski definition) is 3. The minimum atomic E-state index is -3.55. The smallest absolute Gasteiger partial charge is 0.243 e. The molecule has 1 unspecified atom stereocenters. The van der Waals surface area contributed by atoms with E-state index in [4.69, 9.17) is 0 Å². The Balaban J connectivity index is 1.80. The molecule has 1 aliphatic heterocycles. The van der Waals surface area contributed by atoms with Crippen molar-refractivity contribution in [3.05, 3.63) is 58.6 Å². The molecule has 25 heavy (non-hydrogen) atoms. The molecule has 8 heteroatoms. The lowest BCUT2D eigenvalue weighted by atomic mass is 10.2. The Morgan fingerprint density at radius 3 is 2.56 bits per heavy atom. The zero-order valence-electron chi connectivity index (χ0n) is 13.5. The van der Waals surface area contributed by atoms with Gasteiger partial charge in [0.2, 0.25) is 10.0 Å². The lowest BCUT2D eigenvalue weighted by Crippen LogP contribution is -2.46. The number of aliphatic hydroxyl groups is 1. The van der Waals surface area contributed by atoms with Crippen molar-refractivity contribution >= 4 is 31.6 Å². The van der Waals surface area contributed by atoms with Crippen LogP contribution in [0.3, 0.4) is 0 Å². The van der Waals surface area contributed by atoms with E-state index >= 15 is 0 Å². The van der Waals surface area contributed by atoms with Crippen molar-refractivity contribution in [2.24, 2.45) is 0 Å². The number of halogens is 1. The third-order valence-electron chi connectivity index (χ3n) is 4.02. The van der Waals surface area contributed by atoms with Gasteiger partial charge in [0.1, 0.15) is 0 Å². The Kier molecular flexibility index (Phi) is 5.75. The maximum atomic E-state index is 12.8. The number of nitrogens with one attached hydrogen (secondary N) is 2. The molecule has 3 rings (SSSR count). The molecule has 134 valence electrons. The monoisotopic (exact) mass is 425 g/mol. The first-order valence-corrected chi connectivity index (χ1v) is 10.2. The van der Waals surface area contributed by atoms with Crippen molar-refractivity contribution in [3.8, 4) is 0 Å². The zero-order valence-corrected chi connectivity index (χ0v) is 15.9. The molecular formula is C17H20BrN3O3S. The summed E-state index contributed by atoms with van der Waals surface area (Å²) in [6.45, 7) is 2.19. The SMILES string of the molecule is O=S(=O)(c1cccc(C(O)Nc2cccc(Br)c2)c1)N1CCNCC1. The number of anilines is 1. The quantitative estimate of drug-likeness (QED) is 0.639. The molecule has 0 aromatic heterocycles. The van der Waals surface area contributed by atoms with Gasteiger partial charge in [-0.2, -0.15) is 4.31 Å². The van der Waals surface area contributed by atoms with E-state index in [1.165, 1.54) is 10.4 Å². The minimum Gasteiger partial charge on any atom is -0.369 e. The molecule has 0 aliphatic carbocycles. The number of rotatable bonds is 5. The molecule has 1 fully saturated rings. The Morgan fingerprint density at radius 2 is 1.84 bits per heavy atom. The van der Waals surface area contributed by atoms with Crippen LogP contribution in [-0.2, 0) is 10.0 Å². The van der Waals surface area contributed by atoms with E-state index in [1.807, 2.05) is 24.3 Å². The predicted octanol–water partition coefficient (Wildman–Crippen LogP) is 2.15. The highest BCUT2D eigenvalue weighted by molar-refractivity contribution is 9.10. The second-order valence-corrected chi connectivity index (χ2v) is 8.64. The van der Waals surface area contributed by atoms with Crippen molar-refractivity contribution in [2.45, 2.75) is 11.1 Å². The number of sulfonamides is 1. The van der Waals surface area contributed by atoms with Crippen molar-refractivity contribution in [1.29, 1.82) is 0 Å². The van der Waals surface area contributed by atoms with Gasteiger partial charge in [-0.05, 0) is 30.3 Å². The molecule has 3 N–H and O–H groups in total. The van der Waals surface area contributed by atoms with E-state index in [2.05, 4.69) is 26.6 Å². The van der Waals surface area contributed by atoms with Gasteiger partial charge >= 0.3 is 0 Å². The van der Waals surface area contributed by atoms with Gasteiger partial charge in [-0.3, -0.25) is 0 Å². The first-order valence-electron chi connectivity index (χ1n) is 7.98. The van der Waals surface area contributed by atoms with Crippen LogP contribution in [0.1, 0.15) is 11.8 Å². The molecule has 0 amide bonds. The summed E-state index contributed by atoms with van der Waals surface area (Å²) in [7, 11) is -3.55. The van der Waals surface area contributed by atoms with Gasteiger partial charge in [0.25, 0.3) is 0 Å². The van der Waals surface area contributed by atoms with E-state index in [-0.39, 0.29) is 4.90 Å². The molecule has 0 saturated carbocycles. The van der Waals surface area contributed by atoms with Crippen molar-refractivity contribution in [2.75, 3.05) is 31.5 Å². The Bertz CT molecular complexity index is 839. The van der Waals surface area contributed by atoms with Gasteiger partial charge in [0.05, 0.1) is 4.90 Å². The van der Waals surface area contributed by atoms with Crippen LogP contribution in [-0.4, -0.2) is 44.0 Å². The van der Waals surface area contributed by atoms with Crippen LogP contribution < -0.4 is 10.6 Å². The lowest BCUT2D eigenvalue weighted by Gasteiger charge is -2.27. The summed E-state index contributed by atoms with van der Waals surface area (Å²) in [4.78, 5) is 0.196. The molecule has 6 nitrogen and oxygen atoms in total. The molecule has 2 aromatic carbocycles. The van der Waals surface area contributed by atoms with Crippen LogP contribution in [0.15, 0.2) is 57.9 Å². The minimum absolute atomic E-state index is 0.196. The van der Waals surface area contributed by atoms with Gasteiger partial charge in [-0.25, -0.2) is 8.42 Å². The third kappa shape index (κ3) is 4.39. The largest absolute Gasteiger partial charge is 0.369 e. The maximum Gasteiger partial charge on any atom is 0.243 e. The molecule has 0 radical (unpaired) electrons. The van der Waals surface area contributed by atoms with E-state index in [0.717, 1.165) is 10.2 Å². The van der Waals surface area contributed by atoms with Gasteiger partial charge in [-0.1, -0.05) is 34.1 Å². The topological polar surface area (TPSA) is 81.7 Å². The van der Waals surface area contributed by atoms with Gasteiger partial charge in [0.15, 0.2) is 6.23 Å². The van der Waals surface area contributed by atoms with Crippen LogP contribution in [0.2, 0.25) is 0 Å². The highest BCUT2D eigenvalue weighted by atomic mass is 79.9. The second kappa shape index (κ2) is 7.84. The normalized spacial score (nSPS) is 17.2. The summed E-state index contributed by atoms with van der Waals surface area (Å²) in [5, 5.41) is 16.5. The van der Waals surface area contributed by atoms with Crippen LogP contribution in [0.5, 0.6) is 0 Å². The number of benzene rings is 2. The van der Waals surface area contributed by atoms with Crippen LogP contribution in [0, 0.1) is 0 Å². The molecular weight excluding hydrogens is 406 g/mol. The third-order valence-corrected chi connectivity index (χ3v) is 6.40. The summed E-state index contributed by atoms with van der Waals surface area (Å²) in [6, 6.07) is 13.8. The Hall–Kier alpha value is -1.45. The first-order chi connectivity index (χ1) is 12.0. The Morgan fingerprint density at radius 1 is 1.12 bits per heavy atom. The van der Waals surface area contributed by atoms with E-state index < -0.39 is 16.3 Å². The van der Waals surface area contributed by atoms with E-state index in [0.29, 0.717) is 31.7 Å². The standard InChI is InChI=1S/C17H20BrN3O3S/c18-14-4-2-5-15(12-14)20-17(22)13-3-1-6-16(11-13)25(23,24)21-9-7-19-8-10-21/h1-6,11-12,17,19-20,22H,7-10H2. The molecule has 0 bridgehead atoms. The fourth-order valence-electron chi connectivity index (χ4n) is 2.70. The first kappa shape index (κ1) is 18.3. The fraction of sp³-hybridized carbons (Fsp3) is 0.294. The lowest BCUT2D eigenvalue weighted by molar-refractivity contribution is 0.208. The van der Waals surface area contributed by atoms with Crippen molar-refractivity contribution in [3.63, 3.8) is 0 Å². The van der Waals surface area contributed by atoms with Gasteiger partial charge < -0.3 is 15.7 Å². The van der Waals surface area contributed by atoms with Crippen LogP contribution in [0.4, 0.5) is 5.69 Å². The Labute approximate surface area is 156 Å². The van der Waals surface area contributed by atoms with Crippen LogP contribution >= 0.6 is 15.9 Å². The molecule has 2 aromatic rings. The molecule has 1 saturated heterocycles. The summed E-state index contributed by atoms with van der Waals surface area (Å²) in [5.74, 6) is 0. The number of nitrogens with zero attached hydrogens (tertiary/aromatic N) is 1. The zero-order chi connectivity index (χ0) is 17.9. The molecule has 1 atom stereocenters. The summed E-state index contributed by atoms with van der Waals surface area (Å²) in [6.07, 6.45) is -1.01. The predicted molar refractivity (Wildman–Crippen MR) is 101 cm³/mol. The highest BCUT2D eigenvalue weighted by Crippen LogP contribution is 2.24. The summed E-state index contributed by atoms with van der Waals surface area (Å²) >= 11 is 3.38. The average Bonchev–Trinajstić information content (AvgIpc) is 2.62. The number of piperazine rings is 1. The fourth-order valence-corrected chi connectivity index (χ4v) is 4.59. The second-order valence-electron chi connectivity index (χ2n) is 5.78. The number of aliphatic hydroxyl groups excluding tert-OH is 1. The maximum absolute atomic E-state index is 12.8. The van der Waals surface area contributed by atoms with Gasteiger partial charge in [-0.15, -0.1) is 0 Å². The summed E-state index contributed by atoms with van der Waals surface area (Å²) < 4.78 is 27.9.